The molecule has 0 radical (unpaired) electrons. The standard InChI is InChI=1S/C21H16O4/c1-13(2)12-23-15-7-8-19-16(10-15)17(11-21(22)25-19)20-9-14-5-3-4-6-18(14)24-20/h3-11H,1,12H2,2H3. The maximum Gasteiger partial charge on any atom is 0.336 e. The minimum absolute atomic E-state index is 0.418. The van der Waals surface area contributed by atoms with E-state index in [2.05, 4.69) is 6.58 Å². The van der Waals surface area contributed by atoms with Crippen LogP contribution in [0, 0.1) is 0 Å². The Morgan fingerprint density at radius 1 is 1.04 bits per heavy atom. The molecule has 0 unspecified atom stereocenters. The van der Waals surface area contributed by atoms with Crippen molar-refractivity contribution >= 4 is 21.9 Å². The van der Waals surface area contributed by atoms with Gasteiger partial charge in [0.1, 0.15) is 29.3 Å². The molecule has 0 saturated heterocycles. The first kappa shape index (κ1) is 15.3. The summed E-state index contributed by atoms with van der Waals surface area (Å²) in [6, 6.07) is 16.5. The van der Waals surface area contributed by atoms with E-state index >= 15 is 0 Å². The van der Waals surface area contributed by atoms with Crippen molar-refractivity contribution in [3.8, 4) is 17.1 Å². The van der Waals surface area contributed by atoms with Crippen LogP contribution in [0.4, 0.5) is 0 Å². The van der Waals surface area contributed by atoms with Gasteiger partial charge in [0.25, 0.3) is 0 Å². The second-order valence-corrected chi connectivity index (χ2v) is 6.03. The Balaban J connectivity index is 1.90. The van der Waals surface area contributed by atoms with Gasteiger partial charge >= 0.3 is 5.63 Å². The Morgan fingerprint density at radius 3 is 2.68 bits per heavy atom. The second kappa shape index (κ2) is 5.98. The molecular formula is C21H16O4. The predicted molar refractivity (Wildman–Crippen MR) is 98.0 cm³/mol. The first-order valence-electron chi connectivity index (χ1n) is 7.94. The summed E-state index contributed by atoms with van der Waals surface area (Å²) in [5, 5.41) is 1.74. The highest BCUT2D eigenvalue weighted by Gasteiger charge is 2.13. The maximum atomic E-state index is 11.9. The van der Waals surface area contributed by atoms with Crippen LogP contribution in [0.1, 0.15) is 6.92 Å². The second-order valence-electron chi connectivity index (χ2n) is 6.03. The van der Waals surface area contributed by atoms with Crippen LogP contribution in [-0.4, -0.2) is 6.61 Å². The van der Waals surface area contributed by atoms with Gasteiger partial charge in [0, 0.05) is 22.4 Å². The van der Waals surface area contributed by atoms with E-state index in [1.807, 2.05) is 43.3 Å². The highest BCUT2D eigenvalue weighted by molar-refractivity contribution is 5.95. The average Bonchev–Trinajstić information content (AvgIpc) is 3.03. The third-order valence-electron chi connectivity index (χ3n) is 3.89. The highest BCUT2D eigenvalue weighted by atomic mass is 16.5. The first-order valence-corrected chi connectivity index (χ1v) is 7.94. The van der Waals surface area contributed by atoms with Gasteiger partial charge in [-0.3, -0.25) is 0 Å². The van der Waals surface area contributed by atoms with Crippen LogP contribution in [0.2, 0.25) is 0 Å². The average molecular weight is 332 g/mol. The SMILES string of the molecule is C=C(C)COc1ccc2oc(=O)cc(-c3cc4ccccc4o3)c2c1. The number of furan rings is 1. The van der Waals surface area contributed by atoms with Crippen LogP contribution >= 0.6 is 0 Å². The minimum atomic E-state index is -0.418. The monoisotopic (exact) mass is 332 g/mol. The lowest BCUT2D eigenvalue weighted by atomic mass is 10.1. The fraction of sp³-hybridized carbons (Fsp3) is 0.0952. The summed E-state index contributed by atoms with van der Waals surface area (Å²) < 4.78 is 16.9. The molecule has 0 aliphatic heterocycles. The fourth-order valence-corrected chi connectivity index (χ4v) is 2.76. The van der Waals surface area contributed by atoms with Crippen LogP contribution in [0.25, 0.3) is 33.3 Å². The molecule has 2 aromatic carbocycles. The smallest absolute Gasteiger partial charge is 0.336 e. The van der Waals surface area contributed by atoms with E-state index in [-0.39, 0.29) is 0 Å². The lowest BCUT2D eigenvalue weighted by Gasteiger charge is -2.08. The minimum Gasteiger partial charge on any atom is -0.489 e. The van der Waals surface area contributed by atoms with Crippen LogP contribution < -0.4 is 10.4 Å². The van der Waals surface area contributed by atoms with E-state index in [0.29, 0.717) is 29.3 Å². The van der Waals surface area contributed by atoms with Gasteiger partial charge in [0.15, 0.2) is 0 Å². The summed E-state index contributed by atoms with van der Waals surface area (Å²) in [5.41, 5.74) is 2.46. The maximum absolute atomic E-state index is 11.9. The molecule has 0 N–H and O–H groups in total. The lowest BCUT2D eigenvalue weighted by Crippen LogP contribution is -2.00. The Bertz CT molecular complexity index is 1110. The van der Waals surface area contributed by atoms with Gasteiger partial charge < -0.3 is 13.6 Å². The summed E-state index contributed by atoms with van der Waals surface area (Å²) in [5.74, 6) is 1.30. The van der Waals surface area contributed by atoms with Crippen molar-refractivity contribution in [3.05, 3.63) is 77.2 Å². The number of rotatable bonds is 4. The Morgan fingerprint density at radius 2 is 1.88 bits per heavy atom. The van der Waals surface area contributed by atoms with Gasteiger partial charge in [-0.2, -0.15) is 0 Å². The number of benzene rings is 2. The van der Waals surface area contributed by atoms with Gasteiger partial charge in [0.2, 0.25) is 0 Å². The predicted octanol–water partition coefficient (Wildman–Crippen LogP) is 5.16. The first-order chi connectivity index (χ1) is 12.1. The van der Waals surface area contributed by atoms with Crippen molar-refractivity contribution in [1.82, 2.24) is 0 Å². The molecule has 0 aliphatic carbocycles. The van der Waals surface area contributed by atoms with E-state index in [9.17, 15) is 4.79 Å². The van der Waals surface area contributed by atoms with E-state index < -0.39 is 5.63 Å². The zero-order valence-electron chi connectivity index (χ0n) is 13.7. The highest BCUT2D eigenvalue weighted by Crippen LogP contribution is 2.33. The van der Waals surface area contributed by atoms with Gasteiger partial charge in [-0.15, -0.1) is 0 Å². The lowest BCUT2D eigenvalue weighted by molar-refractivity contribution is 0.353. The van der Waals surface area contributed by atoms with Crippen molar-refractivity contribution in [1.29, 1.82) is 0 Å². The molecule has 4 nitrogen and oxygen atoms in total. The summed E-state index contributed by atoms with van der Waals surface area (Å²) in [6.45, 7) is 6.17. The van der Waals surface area contributed by atoms with Crippen molar-refractivity contribution < 1.29 is 13.6 Å². The summed E-state index contributed by atoms with van der Waals surface area (Å²) in [4.78, 5) is 11.9. The van der Waals surface area contributed by atoms with Gasteiger partial charge in [-0.1, -0.05) is 24.8 Å². The molecule has 0 aliphatic rings. The number of hydrogen-bond acceptors (Lipinski definition) is 4. The Hall–Kier alpha value is -3.27. The summed E-state index contributed by atoms with van der Waals surface area (Å²) in [6.07, 6.45) is 0. The normalized spacial score (nSPS) is 11.1. The van der Waals surface area contributed by atoms with Crippen molar-refractivity contribution in [2.75, 3.05) is 6.61 Å². The zero-order chi connectivity index (χ0) is 17.4. The molecule has 4 rings (SSSR count). The molecule has 0 atom stereocenters. The van der Waals surface area contributed by atoms with Crippen LogP contribution in [0.5, 0.6) is 5.75 Å². The molecule has 0 spiro atoms. The number of hydrogen-bond donors (Lipinski definition) is 0. The molecule has 2 aromatic heterocycles. The topological polar surface area (TPSA) is 52.6 Å². The van der Waals surface area contributed by atoms with Crippen molar-refractivity contribution in [3.63, 3.8) is 0 Å². The van der Waals surface area contributed by atoms with Gasteiger partial charge in [0.05, 0.1) is 0 Å². The number of para-hydroxylation sites is 1. The number of ether oxygens (including phenoxy) is 1. The summed E-state index contributed by atoms with van der Waals surface area (Å²) in [7, 11) is 0. The van der Waals surface area contributed by atoms with Crippen molar-refractivity contribution in [2.45, 2.75) is 6.92 Å². The molecule has 2 heterocycles. The van der Waals surface area contributed by atoms with Crippen LogP contribution in [-0.2, 0) is 0 Å². The molecule has 0 bridgehead atoms. The largest absolute Gasteiger partial charge is 0.489 e. The van der Waals surface area contributed by atoms with Crippen LogP contribution in [0.15, 0.2) is 80.4 Å². The van der Waals surface area contributed by atoms with E-state index in [1.165, 1.54) is 6.07 Å². The van der Waals surface area contributed by atoms with E-state index in [1.54, 1.807) is 12.1 Å². The molecule has 0 fully saturated rings. The molecule has 4 aromatic rings. The Labute approximate surface area is 143 Å². The molecule has 0 amide bonds. The number of fused-ring (bicyclic) bond motifs is 2. The van der Waals surface area contributed by atoms with Crippen LogP contribution in [0.3, 0.4) is 0 Å². The molecule has 4 heteroatoms. The van der Waals surface area contributed by atoms with Crippen molar-refractivity contribution in [2.24, 2.45) is 0 Å². The third kappa shape index (κ3) is 2.94. The van der Waals surface area contributed by atoms with E-state index in [0.717, 1.165) is 21.9 Å². The third-order valence-corrected chi connectivity index (χ3v) is 3.89. The van der Waals surface area contributed by atoms with E-state index in [4.69, 9.17) is 13.6 Å². The summed E-state index contributed by atoms with van der Waals surface area (Å²) >= 11 is 0. The quantitative estimate of drug-likeness (QED) is 0.382. The van der Waals surface area contributed by atoms with Gasteiger partial charge in [-0.05, 0) is 42.8 Å². The van der Waals surface area contributed by atoms with Gasteiger partial charge in [-0.25, -0.2) is 4.79 Å². The fourth-order valence-electron chi connectivity index (χ4n) is 2.76. The molecule has 124 valence electrons. The molecular weight excluding hydrogens is 316 g/mol. The Kier molecular flexibility index (Phi) is 3.65. The molecule has 25 heavy (non-hydrogen) atoms. The molecule has 0 saturated carbocycles. The zero-order valence-corrected chi connectivity index (χ0v) is 13.7.